The van der Waals surface area contributed by atoms with Crippen LogP contribution in [-0.4, -0.2) is 29.5 Å². The second-order valence-electron chi connectivity index (χ2n) is 15.6. The van der Waals surface area contributed by atoms with Gasteiger partial charge in [-0.1, -0.05) is 140 Å². The zero-order chi connectivity index (χ0) is 41.4. The number of para-hydroxylation sites is 3. The lowest BCUT2D eigenvalue weighted by molar-refractivity contribution is 0.667. The van der Waals surface area contributed by atoms with Crippen molar-refractivity contribution in [3.8, 4) is 62.5 Å². The molecule has 0 aliphatic heterocycles. The summed E-state index contributed by atoms with van der Waals surface area (Å²) < 4.78 is 11.1. The van der Waals surface area contributed by atoms with Crippen LogP contribution in [0.3, 0.4) is 0 Å². The molecule has 0 aliphatic rings. The smallest absolute Gasteiger partial charge is 0.180 e. The average Bonchev–Trinajstić information content (AvgIpc) is 4.03. The highest BCUT2D eigenvalue weighted by Crippen LogP contribution is 2.43. The van der Waals surface area contributed by atoms with Crippen molar-refractivity contribution in [1.82, 2.24) is 29.5 Å². The predicted octanol–water partition coefficient (Wildman–Crippen LogP) is 14.4. The Morgan fingerprint density at radius 1 is 0.397 bits per heavy atom. The van der Waals surface area contributed by atoms with E-state index < -0.39 is 0 Å². The van der Waals surface area contributed by atoms with Gasteiger partial charge in [0.2, 0.25) is 0 Å². The van der Waals surface area contributed by atoms with E-state index in [-0.39, 0.29) is 0 Å². The Kier molecular flexibility index (Phi) is 7.94. The third-order valence-electron chi connectivity index (χ3n) is 11.9. The number of furan rings is 1. The molecule has 7 nitrogen and oxygen atoms in total. The normalized spacial score (nSPS) is 11.8. The van der Waals surface area contributed by atoms with Gasteiger partial charge in [-0.15, -0.1) is 11.3 Å². The molecule has 0 fully saturated rings. The van der Waals surface area contributed by atoms with E-state index in [1.165, 1.54) is 10.8 Å². The van der Waals surface area contributed by atoms with E-state index in [2.05, 4.69) is 132 Å². The molecule has 0 atom stereocenters. The van der Waals surface area contributed by atoms with Gasteiger partial charge in [-0.2, -0.15) is 0 Å². The summed E-state index contributed by atoms with van der Waals surface area (Å²) in [5.74, 6) is 2.46. The van der Waals surface area contributed by atoms with Crippen LogP contribution in [0.5, 0.6) is 0 Å². The Bertz CT molecular complexity index is 3910. The highest BCUT2D eigenvalue weighted by molar-refractivity contribution is 7.26. The summed E-state index contributed by atoms with van der Waals surface area (Å²) in [7, 11) is 0. The van der Waals surface area contributed by atoms with Crippen molar-refractivity contribution in [2.75, 3.05) is 0 Å². The fourth-order valence-corrected chi connectivity index (χ4v) is 10.1. The van der Waals surface area contributed by atoms with Gasteiger partial charge >= 0.3 is 0 Å². The molecule has 0 saturated carbocycles. The van der Waals surface area contributed by atoms with Crippen molar-refractivity contribution in [3.63, 3.8) is 0 Å². The summed E-state index contributed by atoms with van der Waals surface area (Å²) in [5, 5.41) is 5.48. The lowest BCUT2D eigenvalue weighted by atomic mass is 10.0. The van der Waals surface area contributed by atoms with E-state index >= 15 is 0 Å². The minimum absolute atomic E-state index is 0.601. The minimum Gasteiger partial charge on any atom is -0.452 e. The van der Waals surface area contributed by atoms with Crippen molar-refractivity contribution >= 4 is 75.4 Å². The Hall–Kier alpha value is -8.33. The lowest BCUT2D eigenvalue weighted by Gasteiger charge is -2.11. The molecule has 5 heterocycles. The quantitative estimate of drug-likeness (QED) is 0.166. The largest absolute Gasteiger partial charge is 0.452 e. The summed E-state index contributed by atoms with van der Waals surface area (Å²) in [5.41, 5.74) is 10.9. The summed E-state index contributed by atoms with van der Waals surface area (Å²) >= 11 is 1.76. The first-order chi connectivity index (χ1) is 31.2. The van der Waals surface area contributed by atoms with Gasteiger partial charge in [-0.3, -0.25) is 0 Å². The molecule has 0 aliphatic carbocycles. The standard InChI is InChI=1S/C55H32N6OS/c1-4-15-33(16-5-1)52-56-49(51-50(57-52)40-22-11-13-25-45(40)62-51)35-28-30-46-42(31-35)48-41(23-14-26-47(48)63-46)55-59-53(34-17-6-2-7-18-34)58-54(60-55)36-27-29-39-38-21-10-12-24-43(38)61(44(39)32-36)37-19-8-3-9-20-37/h1-32H. The number of fused-ring (bicyclic) bond motifs is 9. The van der Waals surface area contributed by atoms with Gasteiger partial charge in [0.05, 0.1) is 11.0 Å². The van der Waals surface area contributed by atoms with E-state index in [1.54, 1.807) is 11.3 Å². The molecular weight excluding hydrogens is 793 g/mol. The number of nitrogens with zero attached hydrogens (tertiary/aromatic N) is 6. The number of aromatic nitrogens is 6. The van der Waals surface area contributed by atoms with Crippen LogP contribution >= 0.6 is 11.3 Å². The van der Waals surface area contributed by atoms with Gasteiger partial charge in [0.15, 0.2) is 28.9 Å². The molecule has 0 spiro atoms. The highest BCUT2D eigenvalue weighted by atomic mass is 32.1. The maximum atomic E-state index is 6.54. The van der Waals surface area contributed by atoms with Crippen molar-refractivity contribution in [1.29, 1.82) is 0 Å². The molecule has 13 rings (SSSR count). The fraction of sp³-hybridized carbons (Fsp3) is 0. The van der Waals surface area contributed by atoms with E-state index in [9.17, 15) is 0 Å². The van der Waals surface area contributed by atoms with Crippen LogP contribution in [0.4, 0.5) is 0 Å². The molecule has 0 N–H and O–H groups in total. The van der Waals surface area contributed by atoms with Crippen LogP contribution in [0.15, 0.2) is 199 Å². The first-order valence-corrected chi connectivity index (χ1v) is 21.6. The third-order valence-corrected chi connectivity index (χ3v) is 13.0. The highest BCUT2D eigenvalue weighted by Gasteiger charge is 2.22. The molecule has 294 valence electrons. The Labute approximate surface area is 364 Å². The first kappa shape index (κ1) is 35.4. The molecule has 8 aromatic carbocycles. The van der Waals surface area contributed by atoms with Gasteiger partial charge in [-0.25, -0.2) is 24.9 Å². The molecule has 13 aromatic rings. The second-order valence-corrected chi connectivity index (χ2v) is 16.7. The molecule has 5 aromatic heterocycles. The van der Waals surface area contributed by atoms with Gasteiger partial charge in [0.1, 0.15) is 16.8 Å². The van der Waals surface area contributed by atoms with Crippen molar-refractivity contribution in [2.24, 2.45) is 0 Å². The predicted molar refractivity (Wildman–Crippen MR) is 257 cm³/mol. The van der Waals surface area contributed by atoms with E-state index in [0.717, 1.165) is 86.9 Å². The topological polar surface area (TPSA) is 82.5 Å². The molecule has 0 amide bonds. The minimum atomic E-state index is 0.601. The number of benzene rings is 8. The zero-order valence-electron chi connectivity index (χ0n) is 33.5. The SMILES string of the molecule is c1ccc(-c2nc(-c3ccc4c5ccccc5n(-c5ccccc5)c4c3)nc(-c3cccc4sc5ccc(-c6nc(-c7ccccc7)nc7c6oc6ccccc67)cc5c34)n2)cc1. The fourth-order valence-electron chi connectivity index (χ4n) is 8.97. The maximum absolute atomic E-state index is 6.54. The maximum Gasteiger partial charge on any atom is 0.180 e. The Morgan fingerprint density at radius 3 is 1.83 bits per heavy atom. The van der Waals surface area contributed by atoms with E-state index in [1.807, 2.05) is 66.7 Å². The lowest BCUT2D eigenvalue weighted by Crippen LogP contribution is -2.01. The first-order valence-electron chi connectivity index (χ1n) is 20.8. The van der Waals surface area contributed by atoms with Crippen molar-refractivity contribution in [3.05, 3.63) is 194 Å². The molecule has 0 bridgehead atoms. The third kappa shape index (κ3) is 5.76. The molecule has 8 heteroatoms. The van der Waals surface area contributed by atoms with Gasteiger partial charge < -0.3 is 8.98 Å². The molecular formula is C55H32N6OS. The number of hydrogen-bond acceptors (Lipinski definition) is 7. The zero-order valence-corrected chi connectivity index (χ0v) is 34.3. The molecule has 63 heavy (non-hydrogen) atoms. The van der Waals surface area contributed by atoms with Crippen LogP contribution in [0.25, 0.3) is 127 Å². The van der Waals surface area contributed by atoms with Crippen LogP contribution < -0.4 is 0 Å². The van der Waals surface area contributed by atoms with Crippen molar-refractivity contribution in [2.45, 2.75) is 0 Å². The van der Waals surface area contributed by atoms with Crippen LogP contribution in [-0.2, 0) is 0 Å². The van der Waals surface area contributed by atoms with Crippen LogP contribution in [0.1, 0.15) is 0 Å². The van der Waals surface area contributed by atoms with Crippen molar-refractivity contribution < 1.29 is 4.42 Å². The van der Waals surface area contributed by atoms with E-state index in [4.69, 9.17) is 29.3 Å². The summed E-state index contributed by atoms with van der Waals surface area (Å²) in [6.45, 7) is 0. The Morgan fingerprint density at radius 2 is 1.03 bits per heavy atom. The Balaban J connectivity index is 1.03. The second kappa shape index (κ2) is 14.1. The molecule has 0 radical (unpaired) electrons. The van der Waals surface area contributed by atoms with Gasteiger partial charge in [0.25, 0.3) is 0 Å². The number of thiophene rings is 1. The van der Waals surface area contributed by atoms with Crippen LogP contribution in [0.2, 0.25) is 0 Å². The summed E-state index contributed by atoms with van der Waals surface area (Å²) in [6.07, 6.45) is 0. The van der Waals surface area contributed by atoms with Gasteiger partial charge in [0, 0.05) is 69.8 Å². The number of hydrogen-bond donors (Lipinski definition) is 0. The van der Waals surface area contributed by atoms with Crippen LogP contribution in [0, 0.1) is 0 Å². The average molecular weight is 825 g/mol. The molecule has 0 unspecified atom stereocenters. The summed E-state index contributed by atoms with van der Waals surface area (Å²) in [4.78, 5) is 26.0. The van der Waals surface area contributed by atoms with Gasteiger partial charge in [-0.05, 0) is 54.6 Å². The monoisotopic (exact) mass is 824 g/mol. The molecule has 0 saturated heterocycles. The summed E-state index contributed by atoms with van der Waals surface area (Å²) in [6, 6.07) is 66.9. The number of rotatable bonds is 6. The van der Waals surface area contributed by atoms with E-state index in [0.29, 0.717) is 28.9 Å².